The topological polar surface area (TPSA) is 12.9 Å². The average Bonchev–Trinajstić information content (AvgIpc) is 1.89. The van der Waals surface area contributed by atoms with Gasteiger partial charge in [-0.2, -0.15) is 0 Å². The van der Waals surface area contributed by atoms with Crippen LogP contribution >= 0.6 is 24.2 Å². The fourth-order valence-electron chi connectivity index (χ4n) is 0.528. The highest BCUT2D eigenvalue weighted by Gasteiger charge is 1.92. The van der Waals surface area contributed by atoms with Crippen LogP contribution in [0.4, 0.5) is 0 Å². The monoisotopic (exact) mass is 159 g/mol. The number of nitrogens with zero attached hydrogens (tertiary/aromatic N) is 1. The van der Waals surface area contributed by atoms with Gasteiger partial charge in [-0.05, 0) is 11.6 Å². The van der Waals surface area contributed by atoms with E-state index in [1.807, 2.05) is 6.07 Å². The van der Waals surface area contributed by atoms with Crippen molar-refractivity contribution in [1.82, 2.24) is 4.98 Å². The molecule has 1 rings (SSSR count). The molecule has 1 aromatic heterocycles. The lowest BCUT2D eigenvalue weighted by Gasteiger charge is -1.95. The maximum Gasteiger partial charge on any atom is 0.0486 e. The molecule has 0 spiro atoms. The summed E-state index contributed by atoms with van der Waals surface area (Å²) in [5.41, 5.74) is 1.02. The summed E-state index contributed by atoms with van der Waals surface area (Å²) >= 11 is 9.69. The van der Waals surface area contributed by atoms with Gasteiger partial charge in [-0.25, -0.2) is 0 Å². The van der Waals surface area contributed by atoms with E-state index in [-0.39, 0.29) is 0 Å². The zero-order valence-corrected chi connectivity index (χ0v) is 6.36. The number of hydrogen-bond donors (Lipinski definition) is 1. The summed E-state index contributed by atoms with van der Waals surface area (Å²) in [6.45, 7) is 0. The van der Waals surface area contributed by atoms with Crippen molar-refractivity contribution in [2.24, 2.45) is 0 Å². The van der Waals surface area contributed by atoms with E-state index in [0.29, 0.717) is 5.88 Å². The smallest absolute Gasteiger partial charge is 0.0486 e. The number of pyridine rings is 1. The molecule has 0 radical (unpaired) electrons. The normalized spacial score (nSPS) is 9.56. The number of thiol groups is 1. The summed E-state index contributed by atoms with van der Waals surface area (Å²) in [5, 5.41) is 0. The predicted molar refractivity (Wildman–Crippen MR) is 41.0 cm³/mol. The molecule has 0 saturated carbocycles. The molecule has 0 aliphatic rings. The SMILES string of the molecule is Sc1cnccc1CCl. The zero-order valence-electron chi connectivity index (χ0n) is 4.71. The van der Waals surface area contributed by atoms with Crippen LogP contribution < -0.4 is 0 Å². The maximum absolute atomic E-state index is 5.56. The number of halogens is 1. The van der Waals surface area contributed by atoms with Crippen molar-refractivity contribution in [2.45, 2.75) is 10.8 Å². The molecule has 1 aromatic rings. The van der Waals surface area contributed by atoms with Gasteiger partial charge in [-0.15, -0.1) is 24.2 Å². The number of rotatable bonds is 1. The minimum absolute atomic E-state index is 0.501. The van der Waals surface area contributed by atoms with E-state index >= 15 is 0 Å². The molecule has 1 heterocycles. The summed E-state index contributed by atoms with van der Waals surface area (Å²) in [4.78, 5) is 4.71. The molecule has 0 N–H and O–H groups in total. The van der Waals surface area contributed by atoms with Gasteiger partial charge in [0.2, 0.25) is 0 Å². The molecule has 0 aliphatic heterocycles. The molecule has 1 nitrogen and oxygen atoms in total. The predicted octanol–water partition coefficient (Wildman–Crippen LogP) is 2.11. The maximum atomic E-state index is 5.56. The Balaban J connectivity index is 3.01. The van der Waals surface area contributed by atoms with E-state index in [0.717, 1.165) is 10.5 Å². The minimum atomic E-state index is 0.501. The Bertz CT molecular complexity index is 202. The standard InChI is InChI=1S/C6H6ClNS/c7-3-5-1-2-8-4-6(5)9/h1-2,4,9H,3H2. The number of aromatic nitrogens is 1. The van der Waals surface area contributed by atoms with Gasteiger partial charge in [0.1, 0.15) is 0 Å². The van der Waals surface area contributed by atoms with Crippen LogP contribution in [0.5, 0.6) is 0 Å². The van der Waals surface area contributed by atoms with E-state index < -0.39 is 0 Å². The first-order chi connectivity index (χ1) is 4.34. The Morgan fingerprint density at radius 3 is 2.89 bits per heavy atom. The van der Waals surface area contributed by atoms with Crippen molar-refractivity contribution in [3.05, 3.63) is 24.0 Å². The van der Waals surface area contributed by atoms with Crippen molar-refractivity contribution in [3.63, 3.8) is 0 Å². The molecule has 9 heavy (non-hydrogen) atoms. The van der Waals surface area contributed by atoms with Crippen molar-refractivity contribution in [3.8, 4) is 0 Å². The summed E-state index contributed by atoms with van der Waals surface area (Å²) < 4.78 is 0. The third kappa shape index (κ3) is 1.60. The Kier molecular flexibility index (Phi) is 2.37. The lowest BCUT2D eigenvalue weighted by Crippen LogP contribution is -1.80. The molecular formula is C6H6ClNS. The molecule has 0 fully saturated rings. The molecule has 0 saturated heterocycles. The second-order valence-corrected chi connectivity index (χ2v) is 2.39. The first-order valence-corrected chi connectivity index (χ1v) is 3.50. The van der Waals surface area contributed by atoms with Crippen LogP contribution in [0.3, 0.4) is 0 Å². The molecule has 3 heteroatoms. The van der Waals surface area contributed by atoms with E-state index in [2.05, 4.69) is 17.6 Å². The van der Waals surface area contributed by atoms with Crippen LogP contribution in [0, 0.1) is 0 Å². The van der Waals surface area contributed by atoms with E-state index in [1.165, 1.54) is 0 Å². The summed E-state index contributed by atoms with van der Waals surface area (Å²) in [5.74, 6) is 0.501. The third-order valence-electron chi connectivity index (χ3n) is 1.03. The molecule has 0 aliphatic carbocycles. The van der Waals surface area contributed by atoms with Gasteiger partial charge in [0, 0.05) is 23.2 Å². The highest BCUT2D eigenvalue weighted by atomic mass is 35.5. The van der Waals surface area contributed by atoms with Gasteiger partial charge in [0.25, 0.3) is 0 Å². The lowest BCUT2D eigenvalue weighted by atomic mass is 10.3. The van der Waals surface area contributed by atoms with Crippen molar-refractivity contribution in [1.29, 1.82) is 0 Å². The Morgan fingerprint density at radius 1 is 1.67 bits per heavy atom. The largest absolute Gasteiger partial charge is 0.264 e. The van der Waals surface area contributed by atoms with Crippen LogP contribution in [0.1, 0.15) is 5.56 Å². The van der Waals surface area contributed by atoms with Crippen LogP contribution in [0.25, 0.3) is 0 Å². The zero-order chi connectivity index (χ0) is 6.69. The van der Waals surface area contributed by atoms with Gasteiger partial charge in [-0.3, -0.25) is 4.98 Å². The fourth-order valence-corrected chi connectivity index (χ4v) is 1.07. The summed E-state index contributed by atoms with van der Waals surface area (Å²) in [7, 11) is 0. The molecule has 0 aromatic carbocycles. The lowest BCUT2D eigenvalue weighted by molar-refractivity contribution is 1.16. The molecule has 0 unspecified atom stereocenters. The molecular weight excluding hydrogens is 154 g/mol. The fraction of sp³-hybridized carbons (Fsp3) is 0.167. The molecule has 0 amide bonds. The Morgan fingerprint density at radius 2 is 2.44 bits per heavy atom. The van der Waals surface area contributed by atoms with Gasteiger partial charge in [-0.1, -0.05) is 0 Å². The van der Waals surface area contributed by atoms with Crippen LogP contribution in [0.2, 0.25) is 0 Å². The Hall–Kier alpha value is -0.210. The van der Waals surface area contributed by atoms with Gasteiger partial charge >= 0.3 is 0 Å². The second-order valence-electron chi connectivity index (χ2n) is 1.64. The van der Waals surface area contributed by atoms with Crippen molar-refractivity contribution >= 4 is 24.2 Å². The van der Waals surface area contributed by atoms with Gasteiger partial charge in [0.05, 0.1) is 0 Å². The van der Waals surface area contributed by atoms with Crippen LogP contribution in [0.15, 0.2) is 23.4 Å². The van der Waals surface area contributed by atoms with Crippen molar-refractivity contribution < 1.29 is 0 Å². The number of alkyl halides is 1. The van der Waals surface area contributed by atoms with Crippen LogP contribution in [-0.2, 0) is 5.88 Å². The summed E-state index contributed by atoms with van der Waals surface area (Å²) in [6, 6.07) is 1.86. The first kappa shape index (κ1) is 6.90. The van der Waals surface area contributed by atoms with Crippen LogP contribution in [-0.4, -0.2) is 4.98 Å². The molecule has 48 valence electrons. The average molecular weight is 160 g/mol. The van der Waals surface area contributed by atoms with Gasteiger partial charge in [0.15, 0.2) is 0 Å². The Labute approximate surface area is 64.5 Å². The van der Waals surface area contributed by atoms with E-state index in [9.17, 15) is 0 Å². The van der Waals surface area contributed by atoms with Gasteiger partial charge < -0.3 is 0 Å². The molecule has 0 atom stereocenters. The second kappa shape index (κ2) is 3.08. The third-order valence-corrected chi connectivity index (χ3v) is 1.72. The van der Waals surface area contributed by atoms with E-state index in [1.54, 1.807) is 12.4 Å². The van der Waals surface area contributed by atoms with E-state index in [4.69, 9.17) is 11.6 Å². The molecule has 0 bridgehead atoms. The minimum Gasteiger partial charge on any atom is -0.264 e. The highest BCUT2D eigenvalue weighted by molar-refractivity contribution is 7.80. The highest BCUT2D eigenvalue weighted by Crippen LogP contribution is 2.12. The number of hydrogen-bond acceptors (Lipinski definition) is 2. The first-order valence-electron chi connectivity index (χ1n) is 2.52. The summed E-state index contributed by atoms with van der Waals surface area (Å²) in [6.07, 6.45) is 3.39. The van der Waals surface area contributed by atoms with Crippen molar-refractivity contribution in [2.75, 3.05) is 0 Å². The quantitative estimate of drug-likeness (QED) is 0.489.